The van der Waals surface area contributed by atoms with E-state index >= 15 is 0 Å². The molecule has 0 aliphatic heterocycles. The van der Waals surface area contributed by atoms with Crippen molar-refractivity contribution in [3.63, 3.8) is 0 Å². The molecule has 3 atom stereocenters. The Morgan fingerprint density at radius 3 is 2.30 bits per heavy atom. The molecule has 0 saturated heterocycles. The molecule has 0 aromatic heterocycles. The molecule has 2 rings (SSSR count). The number of allylic oxidation sites excluding steroid dienone is 1. The van der Waals surface area contributed by atoms with Gasteiger partial charge in [0.2, 0.25) is 0 Å². The number of rotatable bonds is 1. The maximum Gasteiger partial charge on any atom is 0.0306 e. The van der Waals surface area contributed by atoms with Crippen LogP contribution >= 0.6 is 0 Å². The Morgan fingerprint density at radius 2 is 2.00 bits per heavy atom. The van der Waals surface area contributed by atoms with Crippen molar-refractivity contribution in [3.05, 3.63) is 12.2 Å². The van der Waals surface area contributed by atoms with E-state index in [-0.39, 0.29) is 0 Å². The van der Waals surface area contributed by atoms with Crippen LogP contribution in [0.3, 0.4) is 0 Å². The van der Waals surface area contributed by atoms with E-state index in [9.17, 15) is 0 Å². The van der Waals surface area contributed by atoms with Crippen molar-refractivity contribution < 1.29 is 0 Å². The SMILES string of the molecule is CN(C)C1C=CC2CCC21. The summed E-state index contributed by atoms with van der Waals surface area (Å²) in [6, 6.07) is 0.749. The minimum Gasteiger partial charge on any atom is -0.303 e. The van der Waals surface area contributed by atoms with Gasteiger partial charge in [-0.2, -0.15) is 0 Å². The number of likely N-dealkylation sites (N-methyl/N-ethyl adjacent to an activating group) is 1. The second-order valence-electron chi connectivity index (χ2n) is 3.74. The zero-order chi connectivity index (χ0) is 7.14. The van der Waals surface area contributed by atoms with Gasteiger partial charge >= 0.3 is 0 Å². The molecule has 2 aliphatic carbocycles. The molecule has 1 saturated carbocycles. The molecular weight excluding hydrogens is 122 g/mol. The van der Waals surface area contributed by atoms with Gasteiger partial charge in [-0.1, -0.05) is 12.2 Å². The summed E-state index contributed by atoms with van der Waals surface area (Å²) >= 11 is 0. The highest BCUT2D eigenvalue weighted by Gasteiger charge is 2.38. The molecule has 1 nitrogen and oxygen atoms in total. The average molecular weight is 137 g/mol. The van der Waals surface area contributed by atoms with Crippen molar-refractivity contribution in [3.8, 4) is 0 Å². The summed E-state index contributed by atoms with van der Waals surface area (Å²) in [6.45, 7) is 0. The van der Waals surface area contributed by atoms with Gasteiger partial charge in [0.1, 0.15) is 0 Å². The highest BCUT2D eigenvalue weighted by molar-refractivity contribution is 5.14. The first-order chi connectivity index (χ1) is 4.79. The van der Waals surface area contributed by atoms with Crippen LogP contribution in [0.25, 0.3) is 0 Å². The molecule has 3 unspecified atom stereocenters. The lowest BCUT2D eigenvalue weighted by Gasteiger charge is -2.37. The van der Waals surface area contributed by atoms with Crippen LogP contribution in [-0.2, 0) is 0 Å². The van der Waals surface area contributed by atoms with Gasteiger partial charge in [-0.05, 0) is 38.8 Å². The van der Waals surface area contributed by atoms with E-state index < -0.39 is 0 Å². The molecule has 1 fully saturated rings. The first-order valence-electron chi connectivity index (χ1n) is 4.14. The summed E-state index contributed by atoms with van der Waals surface area (Å²) in [6.07, 6.45) is 7.66. The molecule has 0 N–H and O–H groups in total. The predicted molar refractivity (Wildman–Crippen MR) is 42.8 cm³/mol. The van der Waals surface area contributed by atoms with Crippen LogP contribution in [0.2, 0.25) is 0 Å². The first-order valence-corrected chi connectivity index (χ1v) is 4.14. The van der Waals surface area contributed by atoms with Crippen molar-refractivity contribution in [2.24, 2.45) is 11.8 Å². The van der Waals surface area contributed by atoms with Crippen LogP contribution in [0.1, 0.15) is 12.8 Å². The van der Waals surface area contributed by atoms with Gasteiger partial charge < -0.3 is 4.90 Å². The summed E-state index contributed by atoms with van der Waals surface area (Å²) in [5.74, 6) is 1.90. The molecule has 0 radical (unpaired) electrons. The fourth-order valence-corrected chi connectivity index (χ4v) is 2.17. The van der Waals surface area contributed by atoms with E-state index in [2.05, 4.69) is 31.1 Å². The Labute approximate surface area is 62.7 Å². The summed E-state index contributed by atoms with van der Waals surface area (Å²) in [5.41, 5.74) is 0. The molecule has 0 heterocycles. The van der Waals surface area contributed by atoms with Crippen LogP contribution in [0.5, 0.6) is 0 Å². The Morgan fingerprint density at radius 1 is 1.20 bits per heavy atom. The highest BCUT2D eigenvalue weighted by Crippen LogP contribution is 2.43. The van der Waals surface area contributed by atoms with E-state index in [4.69, 9.17) is 0 Å². The normalized spacial score (nSPS) is 43.7. The van der Waals surface area contributed by atoms with Crippen molar-refractivity contribution in [1.82, 2.24) is 4.90 Å². The minimum absolute atomic E-state index is 0.749. The van der Waals surface area contributed by atoms with Crippen molar-refractivity contribution >= 4 is 0 Å². The standard InChI is InChI=1S/C9H15N/c1-10(2)9-6-4-7-3-5-8(7)9/h4,6-9H,3,5H2,1-2H3. The topological polar surface area (TPSA) is 3.24 Å². The van der Waals surface area contributed by atoms with Crippen LogP contribution in [0.15, 0.2) is 12.2 Å². The van der Waals surface area contributed by atoms with Gasteiger partial charge in [0.05, 0.1) is 0 Å². The summed E-state index contributed by atoms with van der Waals surface area (Å²) < 4.78 is 0. The largest absolute Gasteiger partial charge is 0.303 e. The van der Waals surface area contributed by atoms with Crippen molar-refractivity contribution in [1.29, 1.82) is 0 Å². The molecule has 0 bridgehead atoms. The fraction of sp³-hybridized carbons (Fsp3) is 0.778. The molecule has 0 spiro atoms. The minimum atomic E-state index is 0.749. The number of fused-ring (bicyclic) bond motifs is 1. The molecule has 10 heavy (non-hydrogen) atoms. The maximum absolute atomic E-state index is 2.40. The number of nitrogens with zero attached hydrogens (tertiary/aromatic N) is 1. The van der Waals surface area contributed by atoms with Gasteiger partial charge in [-0.3, -0.25) is 0 Å². The van der Waals surface area contributed by atoms with Gasteiger partial charge in [0.15, 0.2) is 0 Å². The molecule has 0 amide bonds. The molecule has 0 aromatic carbocycles. The molecule has 2 aliphatic rings. The zero-order valence-electron chi connectivity index (χ0n) is 6.75. The van der Waals surface area contributed by atoms with Crippen LogP contribution < -0.4 is 0 Å². The van der Waals surface area contributed by atoms with E-state index in [1.165, 1.54) is 12.8 Å². The predicted octanol–water partition coefficient (Wildman–Crippen LogP) is 1.51. The third-order valence-corrected chi connectivity index (χ3v) is 2.97. The summed E-state index contributed by atoms with van der Waals surface area (Å²) in [4.78, 5) is 2.33. The smallest absolute Gasteiger partial charge is 0.0306 e. The van der Waals surface area contributed by atoms with E-state index in [1.807, 2.05) is 0 Å². The van der Waals surface area contributed by atoms with Gasteiger partial charge in [-0.25, -0.2) is 0 Å². The quantitative estimate of drug-likeness (QED) is 0.495. The first kappa shape index (κ1) is 6.41. The lowest BCUT2D eigenvalue weighted by molar-refractivity contribution is 0.147. The van der Waals surface area contributed by atoms with E-state index in [0.29, 0.717) is 0 Å². The van der Waals surface area contributed by atoms with Crippen LogP contribution in [0, 0.1) is 11.8 Å². The second-order valence-corrected chi connectivity index (χ2v) is 3.74. The number of hydrogen-bond acceptors (Lipinski definition) is 1. The third kappa shape index (κ3) is 0.734. The second kappa shape index (κ2) is 2.09. The molecule has 0 aromatic rings. The van der Waals surface area contributed by atoms with Gasteiger partial charge in [-0.15, -0.1) is 0 Å². The lowest BCUT2D eigenvalue weighted by Crippen LogP contribution is -2.38. The van der Waals surface area contributed by atoms with Crippen molar-refractivity contribution in [2.75, 3.05) is 14.1 Å². The Hall–Kier alpha value is -0.300. The molecule has 1 heteroatoms. The monoisotopic (exact) mass is 137 g/mol. The third-order valence-electron chi connectivity index (χ3n) is 2.97. The zero-order valence-corrected chi connectivity index (χ0v) is 6.75. The van der Waals surface area contributed by atoms with Crippen LogP contribution in [-0.4, -0.2) is 25.0 Å². The molecular formula is C9H15N. The summed E-state index contributed by atoms with van der Waals surface area (Å²) in [5, 5.41) is 0. The van der Waals surface area contributed by atoms with E-state index in [1.54, 1.807) is 0 Å². The van der Waals surface area contributed by atoms with E-state index in [0.717, 1.165) is 17.9 Å². The number of hydrogen-bond donors (Lipinski definition) is 0. The maximum atomic E-state index is 2.40. The lowest BCUT2D eigenvalue weighted by atomic mass is 9.74. The average Bonchev–Trinajstić information content (AvgIpc) is 2.07. The summed E-state index contributed by atoms with van der Waals surface area (Å²) in [7, 11) is 4.35. The Kier molecular flexibility index (Phi) is 1.34. The van der Waals surface area contributed by atoms with Gasteiger partial charge in [0, 0.05) is 6.04 Å². The van der Waals surface area contributed by atoms with Crippen molar-refractivity contribution in [2.45, 2.75) is 18.9 Å². The molecule has 56 valence electrons. The van der Waals surface area contributed by atoms with Gasteiger partial charge in [0.25, 0.3) is 0 Å². The fourth-order valence-electron chi connectivity index (χ4n) is 2.17. The highest BCUT2D eigenvalue weighted by atomic mass is 15.1. The Bertz CT molecular complexity index is 160. The van der Waals surface area contributed by atoms with Crippen LogP contribution in [0.4, 0.5) is 0 Å². The Balaban J connectivity index is 2.05.